The minimum Gasteiger partial charge on any atom is -0.456 e. The van der Waals surface area contributed by atoms with Crippen LogP contribution >= 0.6 is 15.9 Å². The smallest absolute Gasteiger partial charge is 0.149 e. The van der Waals surface area contributed by atoms with E-state index >= 15 is 0 Å². The van der Waals surface area contributed by atoms with Crippen molar-refractivity contribution in [2.75, 3.05) is 7.15 Å². The van der Waals surface area contributed by atoms with Crippen LogP contribution in [0, 0.1) is 18.6 Å². The molecule has 0 aliphatic rings. The summed E-state index contributed by atoms with van der Waals surface area (Å²) >= 11 is 3.41. The second-order valence-electron chi connectivity index (χ2n) is 7.05. The van der Waals surface area contributed by atoms with Crippen molar-refractivity contribution in [2.45, 2.75) is 6.92 Å². The molecule has 0 aliphatic heterocycles. The first-order chi connectivity index (χ1) is 15.9. The van der Waals surface area contributed by atoms with E-state index in [0.29, 0.717) is 11.2 Å². The highest BCUT2D eigenvalue weighted by Gasteiger charge is 2.10. The van der Waals surface area contributed by atoms with Crippen LogP contribution in [0.4, 0.5) is 13.2 Å². The van der Waals surface area contributed by atoms with Gasteiger partial charge in [-0.3, -0.25) is 4.39 Å². The van der Waals surface area contributed by atoms with E-state index in [9.17, 15) is 13.2 Å². The Morgan fingerprint density at radius 2 is 1.22 bits per heavy atom. The van der Waals surface area contributed by atoms with Crippen molar-refractivity contribution in [3.8, 4) is 0 Å². The van der Waals surface area contributed by atoms with Gasteiger partial charge in [-0.1, -0.05) is 30.3 Å². The number of aryl methyl sites for hydroxylation is 1. The first kappa shape index (κ1) is 20.6. The highest BCUT2D eigenvalue weighted by Crippen LogP contribution is 2.33. The van der Waals surface area contributed by atoms with Crippen LogP contribution < -0.4 is 0 Å². The maximum atomic E-state index is 13.0. The fourth-order valence-corrected chi connectivity index (χ4v) is 4.10. The topological polar surface area (TPSA) is 26.3 Å². The summed E-state index contributed by atoms with van der Waals surface area (Å²) in [5, 5.41) is 3.95. The predicted molar refractivity (Wildman–Crippen MR) is 127 cm³/mol. The zero-order valence-electron chi connectivity index (χ0n) is 18.0. The van der Waals surface area contributed by atoms with E-state index < -0.39 is 7.15 Å². The molecule has 162 valence electrons. The lowest BCUT2D eigenvalue weighted by Crippen LogP contribution is -1.71. The normalized spacial score (nSPS) is 11.2. The molecule has 32 heavy (non-hydrogen) atoms. The number of benzene rings is 4. The maximum absolute atomic E-state index is 13.0. The van der Waals surface area contributed by atoms with Crippen molar-refractivity contribution in [1.29, 1.82) is 0 Å². The molecule has 0 spiro atoms. The van der Waals surface area contributed by atoms with Gasteiger partial charge in [0.15, 0.2) is 0 Å². The third kappa shape index (κ3) is 3.98. The third-order valence-corrected chi connectivity index (χ3v) is 5.70. The summed E-state index contributed by atoms with van der Waals surface area (Å²) in [6.45, 7) is 1.99. The lowest BCUT2D eigenvalue weighted by Gasteiger charge is -1.91. The molecule has 0 unspecified atom stereocenters. The molecule has 2 nitrogen and oxygen atoms in total. The van der Waals surface area contributed by atoms with E-state index in [1.807, 2.05) is 43.3 Å². The molecule has 2 heterocycles. The molecule has 0 saturated carbocycles. The van der Waals surface area contributed by atoms with Crippen molar-refractivity contribution < 1.29 is 23.4 Å². The Morgan fingerprint density at radius 3 is 1.81 bits per heavy atom. The van der Waals surface area contributed by atoms with Gasteiger partial charge in [0.25, 0.3) is 0 Å². The molecule has 0 fully saturated rings. The quantitative estimate of drug-likeness (QED) is 0.208. The average molecular weight is 500 g/mol. The number of furan rings is 2. The molecule has 2 aromatic heterocycles. The van der Waals surface area contributed by atoms with Crippen molar-refractivity contribution in [3.05, 3.63) is 94.5 Å². The number of hydrogen-bond donors (Lipinski definition) is 0. The molecule has 0 aliphatic carbocycles. The van der Waals surface area contributed by atoms with Gasteiger partial charge >= 0.3 is 0 Å². The van der Waals surface area contributed by atoms with E-state index in [1.54, 1.807) is 12.1 Å². The van der Waals surface area contributed by atoms with Gasteiger partial charge in [-0.25, -0.2) is 8.78 Å². The van der Waals surface area contributed by atoms with E-state index in [2.05, 4.69) is 15.9 Å². The number of alkyl halides is 1. The number of hydrogen-bond acceptors (Lipinski definition) is 2. The minimum atomic E-state index is -1.00. The van der Waals surface area contributed by atoms with Gasteiger partial charge < -0.3 is 8.83 Å². The van der Waals surface area contributed by atoms with Gasteiger partial charge in [0.2, 0.25) is 0 Å². The molecule has 6 aromatic rings. The molecule has 0 amide bonds. The average Bonchev–Trinajstić information content (AvgIpc) is 3.34. The van der Waals surface area contributed by atoms with E-state index in [1.165, 1.54) is 24.3 Å². The van der Waals surface area contributed by atoms with E-state index in [-0.39, 0.29) is 11.6 Å². The van der Waals surface area contributed by atoms with Crippen molar-refractivity contribution in [3.63, 3.8) is 0 Å². The lowest BCUT2D eigenvalue weighted by molar-refractivity contribution is 0.617. The van der Waals surface area contributed by atoms with Crippen LogP contribution in [-0.2, 0) is 0 Å². The largest absolute Gasteiger partial charge is 0.456 e. The highest BCUT2D eigenvalue weighted by molar-refractivity contribution is 9.10. The van der Waals surface area contributed by atoms with Crippen molar-refractivity contribution >= 4 is 59.8 Å². The van der Waals surface area contributed by atoms with Crippen LogP contribution in [0.25, 0.3) is 43.9 Å². The van der Waals surface area contributed by atoms with Gasteiger partial charge in [0.05, 0.1) is 13.0 Å². The van der Waals surface area contributed by atoms with E-state index in [4.69, 9.17) is 10.2 Å². The van der Waals surface area contributed by atoms with Crippen molar-refractivity contribution in [2.24, 2.45) is 0 Å². The summed E-state index contributed by atoms with van der Waals surface area (Å²) in [7, 11) is -1.00. The summed E-state index contributed by atoms with van der Waals surface area (Å²) in [5.41, 5.74) is 3.87. The summed E-state index contributed by atoms with van der Waals surface area (Å²) in [4.78, 5) is 0. The lowest BCUT2D eigenvalue weighted by atomic mass is 10.1. The zero-order valence-corrected chi connectivity index (χ0v) is 18.5. The third-order valence-electron chi connectivity index (χ3n) is 5.07. The molecular formula is C26H18BrF3O2. The SMILES string of the molecule is Cc1cccc2c1oc1cc(F)ccc12.Fc1ccc2c(c1)oc1c(Br)cccc12.[2H]CF. The predicted octanol–water partition coefficient (Wildman–Crippen LogP) is 9.11. The fourth-order valence-electron chi connectivity index (χ4n) is 3.65. The van der Waals surface area contributed by atoms with Crippen LogP contribution in [0.3, 0.4) is 0 Å². The van der Waals surface area contributed by atoms with Crippen LogP contribution in [0.1, 0.15) is 6.93 Å². The summed E-state index contributed by atoms with van der Waals surface area (Å²) < 4.78 is 53.6. The molecule has 4 aromatic carbocycles. The van der Waals surface area contributed by atoms with Crippen molar-refractivity contribution in [1.82, 2.24) is 0 Å². The first-order valence-electron chi connectivity index (χ1n) is 10.3. The summed E-state index contributed by atoms with van der Waals surface area (Å²) in [5.74, 6) is -0.545. The Labute approximate surface area is 191 Å². The molecule has 0 saturated heterocycles. The molecule has 0 bridgehead atoms. The summed E-state index contributed by atoms with van der Waals surface area (Å²) in [6, 6.07) is 21.0. The van der Waals surface area contributed by atoms with Gasteiger partial charge in [0, 0.05) is 33.7 Å². The monoisotopic (exact) mass is 499 g/mol. The number of fused-ring (bicyclic) bond motifs is 6. The van der Waals surface area contributed by atoms with E-state index in [0.717, 1.165) is 42.7 Å². The van der Waals surface area contributed by atoms with Crippen LogP contribution in [0.5, 0.6) is 0 Å². The molecular weight excluding hydrogens is 481 g/mol. The van der Waals surface area contributed by atoms with Gasteiger partial charge in [-0.05, 0) is 58.7 Å². The molecule has 6 rings (SSSR count). The zero-order chi connectivity index (χ0) is 23.5. The van der Waals surface area contributed by atoms with Gasteiger partial charge in [-0.15, -0.1) is 0 Å². The second kappa shape index (κ2) is 9.09. The Balaban J connectivity index is 0.000000141. The first-order valence-corrected chi connectivity index (χ1v) is 10.4. The number of para-hydroxylation sites is 2. The summed E-state index contributed by atoms with van der Waals surface area (Å²) in [6.07, 6.45) is 0. The highest BCUT2D eigenvalue weighted by atomic mass is 79.9. The molecule has 0 atom stereocenters. The standard InChI is InChI=1S/C13H9FO.C12H6BrFO.CH3F/c1-8-3-2-4-11-10-6-5-9(14)7-12(10)15-13(8)11;13-10-3-1-2-9-8-5-4-7(14)6-11(8)15-12(9)10;1-2/h2-7H,1H3;1-6H;1H3/i;;1D. The Bertz CT molecular complexity index is 1450. The van der Waals surface area contributed by atoms with Crippen LogP contribution in [0.2, 0.25) is 0 Å². The van der Waals surface area contributed by atoms with Gasteiger partial charge in [-0.2, -0.15) is 0 Å². The molecule has 0 radical (unpaired) electrons. The minimum absolute atomic E-state index is 0.265. The molecule has 0 N–H and O–H groups in total. The second-order valence-corrected chi connectivity index (χ2v) is 7.91. The Hall–Kier alpha value is -3.25. The van der Waals surface area contributed by atoms with Gasteiger partial charge in [0.1, 0.15) is 34.0 Å². The molecule has 6 heteroatoms. The Morgan fingerprint density at radius 1 is 0.719 bits per heavy atom. The fraction of sp³-hybridized carbons (Fsp3) is 0.0769. The van der Waals surface area contributed by atoms with Crippen LogP contribution in [-0.4, -0.2) is 7.15 Å². The number of halogens is 4. The number of rotatable bonds is 0. The van der Waals surface area contributed by atoms with Crippen LogP contribution in [0.15, 0.2) is 86.1 Å². The maximum Gasteiger partial charge on any atom is 0.149 e. The Kier molecular flexibility index (Phi) is 5.86.